The monoisotopic (exact) mass is 421 g/mol. The molecule has 0 radical (unpaired) electrons. The summed E-state index contributed by atoms with van der Waals surface area (Å²) in [6.45, 7) is 5.62. The maximum atomic E-state index is 12.9. The molecule has 4 rings (SSSR count). The third-order valence-corrected chi connectivity index (χ3v) is 6.27. The van der Waals surface area contributed by atoms with E-state index in [1.165, 1.54) is 0 Å². The van der Waals surface area contributed by atoms with Crippen LogP contribution >= 0.6 is 12.2 Å². The highest BCUT2D eigenvalue weighted by atomic mass is 32.1. The second-order valence-corrected chi connectivity index (χ2v) is 8.29. The number of amides is 1. The molecule has 1 saturated heterocycles. The van der Waals surface area contributed by atoms with E-state index in [-0.39, 0.29) is 11.8 Å². The van der Waals surface area contributed by atoms with Crippen molar-refractivity contribution in [1.82, 2.24) is 24.2 Å². The molecule has 2 aromatic heterocycles. The second kappa shape index (κ2) is 8.44. The summed E-state index contributed by atoms with van der Waals surface area (Å²) < 4.78 is 4.73. The molecule has 1 atom stereocenters. The lowest BCUT2D eigenvalue weighted by molar-refractivity contribution is -0.127. The van der Waals surface area contributed by atoms with Gasteiger partial charge in [-0.2, -0.15) is 5.10 Å². The number of para-hydroxylation sites is 1. The van der Waals surface area contributed by atoms with Crippen molar-refractivity contribution in [3.05, 3.63) is 70.0 Å². The van der Waals surface area contributed by atoms with Crippen molar-refractivity contribution in [2.75, 3.05) is 13.1 Å². The van der Waals surface area contributed by atoms with Crippen LogP contribution < -0.4 is 0 Å². The third-order valence-electron chi connectivity index (χ3n) is 5.90. The first-order valence-electron chi connectivity index (χ1n) is 10.3. The fourth-order valence-electron chi connectivity index (χ4n) is 4.31. The Labute approximate surface area is 181 Å². The SMILES string of the molecule is Cc1cc(/C=C/C(=O)N2CCCC(c3n[nH]c(=S)n3C)C2)c(C)n1-c1ccccc1. The molecule has 6 nitrogen and oxygen atoms in total. The minimum absolute atomic E-state index is 0.0426. The molecule has 1 amide bonds. The minimum Gasteiger partial charge on any atom is -0.338 e. The van der Waals surface area contributed by atoms with Gasteiger partial charge in [0.1, 0.15) is 5.82 Å². The molecule has 0 aliphatic carbocycles. The van der Waals surface area contributed by atoms with Crippen molar-refractivity contribution < 1.29 is 4.79 Å². The number of aromatic nitrogens is 4. The first-order chi connectivity index (χ1) is 14.5. The number of carbonyl (C=O) groups is 1. The van der Waals surface area contributed by atoms with E-state index in [0.717, 1.165) is 47.8 Å². The summed E-state index contributed by atoms with van der Waals surface area (Å²) in [5.74, 6) is 1.17. The van der Waals surface area contributed by atoms with Crippen LogP contribution in [0.15, 0.2) is 42.5 Å². The Morgan fingerprint density at radius 1 is 1.27 bits per heavy atom. The van der Waals surface area contributed by atoms with E-state index < -0.39 is 0 Å². The molecule has 1 aromatic carbocycles. The summed E-state index contributed by atoms with van der Waals surface area (Å²) in [6.07, 6.45) is 5.61. The molecule has 156 valence electrons. The van der Waals surface area contributed by atoms with Crippen LogP contribution in [0, 0.1) is 18.6 Å². The Hall–Kier alpha value is -2.93. The molecular formula is C23H27N5OS. The summed E-state index contributed by atoms with van der Waals surface area (Å²) in [6, 6.07) is 12.4. The lowest BCUT2D eigenvalue weighted by atomic mass is 9.97. The van der Waals surface area contributed by atoms with Crippen LogP contribution in [0.2, 0.25) is 0 Å². The first kappa shape index (κ1) is 20.3. The van der Waals surface area contributed by atoms with Gasteiger partial charge in [0.2, 0.25) is 5.91 Å². The summed E-state index contributed by atoms with van der Waals surface area (Å²) >= 11 is 5.23. The van der Waals surface area contributed by atoms with Gasteiger partial charge in [0.05, 0.1) is 0 Å². The van der Waals surface area contributed by atoms with Gasteiger partial charge in [0.25, 0.3) is 0 Å². The standard InChI is InChI=1S/C23H27N5OS/c1-16-14-18(17(2)28(16)20-9-5-4-6-10-20)11-12-21(29)27-13-7-8-19(15-27)22-24-25-23(30)26(22)3/h4-6,9-12,14,19H,7-8,13,15H2,1-3H3,(H,25,30)/b12-11+. The van der Waals surface area contributed by atoms with Gasteiger partial charge in [-0.15, -0.1) is 0 Å². The van der Waals surface area contributed by atoms with Crippen molar-refractivity contribution in [2.45, 2.75) is 32.6 Å². The van der Waals surface area contributed by atoms with E-state index >= 15 is 0 Å². The lowest BCUT2D eigenvalue weighted by Crippen LogP contribution is -2.38. The van der Waals surface area contributed by atoms with Crippen LogP contribution in [0.25, 0.3) is 11.8 Å². The summed E-state index contributed by atoms with van der Waals surface area (Å²) in [7, 11) is 1.92. The van der Waals surface area contributed by atoms with Gasteiger partial charge in [-0.05, 0) is 68.7 Å². The van der Waals surface area contributed by atoms with Gasteiger partial charge in [0, 0.05) is 49.2 Å². The first-order valence-corrected chi connectivity index (χ1v) is 10.7. The number of H-pyrrole nitrogens is 1. The van der Waals surface area contributed by atoms with E-state index in [0.29, 0.717) is 11.3 Å². The Bertz CT molecular complexity index is 1140. The normalized spacial score (nSPS) is 17.0. The smallest absolute Gasteiger partial charge is 0.246 e. The van der Waals surface area contributed by atoms with Crippen LogP contribution in [-0.4, -0.2) is 43.2 Å². The largest absolute Gasteiger partial charge is 0.338 e. The topological polar surface area (TPSA) is 58.9 Å². The highest BCUT2D eigenvalue weighted by Gasteiger charge is 2.26. The van der Waals surface area contributed by atoms with Crippen LogP contribution in [-0.2, 0) is 11.8 Å². The molecule has 1 fully saturated rings. The lowest BCUT2D eigenvalue weighted by Gasteiger charge is -2.31. The number of benzene rings is 1. The van der Waals surface area contributed by atoms with Crippen molar-refractivity contribution in [2.24, 2.45) is 7.05 Å². The van der Waals surface area contributed by atoms with E-state index in [1.807, 2.05) is 40.8 Å². The van der Waals surface area contributed by atoms with Crippen LogP contribution in [0.5, 0.6) is 0 Å². The Kier molecular flexibility index (Phi) is 5.72. The van der Waals surface area contributed by atoms with Crippen LogP contribution in [0.3, 0.4) is 0 Å². The number of hydrogen-bond donors (Lipinski definition) is 1. The Morgan fingerprint density at radius 3 is 2.73 bits per heavy atom. The molecule has 0 spiro atoms. The van der Waals surface area contributed by atoms with Gasteiger partial charge >= 0.3 is 0 Å². The van der Waals surface area contributed by atoms with Crippen molar-refractivity contribution >= 4 is 24.2 Å². The average molecular weight is 422 g/mol. The predicted octanol–water partition coefficient (Wildman–Crippen LogP) is 4.30. The summed E-state index contributed by atoms with van der Waals surface area (Å²) in [5, 5.41) is 7.21. The molecule has 1 N–H and O–H groups in total. The fourth-order valence-corrected chi connectivity index (χ4v) is 4.45. The van der Waals surface area contributed by atoms with Crippen molar-refractivity contribution in [1.29, 1.82) is 0 Å². The van der Waals surface area contributed by atoms with Crippen LogP contribution in [0.1, 0.15) is 41.5 Å². The molecule has 7 heteroatoms. The number of nitrogens with one attached hydrogen (secondary N) is 1. The molecule has 1 aliphatic heterocycles. The predicted molar refractivity (Wildman–Crippen MR) is 121 cm³/mol. The average Bonchev–Trinajstić information content (AvgIpc) is 3.24. The van der Waals surface area contributed by atoms with Crippen molar-refractivity contribution in [3.8, 4) is 5.69 Å². The van der Waals surface area contributed by atoms with Gasteiger partial charge in [-0.25, -0.2) is 0 Å². The van der Waals surface area contributed by atoms with E-state index in [1.54, 1.807) is 6.08 Å². The molecule has 0 bridgehead atoms. The fraction of sp³-hybridized carbons (Fsp3) is 0.348. The molecule has 3 heterocycles. The quantitative estimate of drug-likeness (QED) is 0.505. The maximum absolute atomic E-state index is 12.9. The number of aromatic amines is 1. The highest BCUT2D eigenvalue weighted by Crippen LogP contribution is 2.26. The highest BCUT2D eigenvalue weighted by molar-refractivity contribution is 7.71. The molecule has 1 aliphatic rings. The van der Waals surface area contributed by atoms with E-state index in [9.17, 15) is 4.79 Å². The summed E-state index contributed by atoms with van der Waals surface area (Å²) in [4.78, 5) is 14.8. The number of piperidine rings is 1. The molecule has 1 unspecified atom stereocenters. The van der Waals surface area contributed by atoms with E-state index in [2.05, 4.69) is 46.8 Å². The number of hydrogen-bond acceptors (Lipinski definition) is 3. The number of likely N-dealkylation sites (tertiary alicyclic amines) is 1. The molecular weight excluding hydrogens is 394 g/mol. The number of carbonyl (C=O) groups excluding carboxylic acids is 1. The number of aryl methyl sites for hydroxylation is 1. The van der Waals surface area contributed by atoms with Gasteiger partial charge in [0.15, 0.2) is 4.77 Å². The minimum atomic E-state index is 0.0426. The zero-order valence-electron chi connectivity index (χ0n) is 17.6. The number of nitrogens with zero attached hydrogens (tertiary/aromatic N) is 4. The van der Waals surface area contributed by atoms with Gasteiger partial charge in [-0.1, -0.05) is 18.2 Å². The Morgan fingerprint density at radius 2 is 2.03 bits per heavy atom. The summed E-state index contributed by atoms with van der Waals surface area (Å²) in [5.41, 5.74) is 4.47. The van der Waals surface area contributed by atoms with Gasteiger partial charge < -0.3 is 14.0 Å². The maximum Gasteiger partial charge on any atom is 0.246 e. The second-order valence-electron chi connectivity index (χ2n) is 7.90. The zero-order valence-corrected chi connectivity index (χ0v) is 18.4. The van der Waals surface area contributed by atoms with E-state index in [4.69, 9.17) is 12.2 Å². The molecule has 30 heavy (non-hydrogen) atoms. The third kappa shape index (κ3) is 3.89. The molecule has 0 saturated carbocycles. The molecule has 3 aromatic rings. The van der Waals surface area contributed by atoms with Crippen molar-refractivity contribution in [3.63, 3.8) is 0 Å². The van der Waals surface area contributed by atoms with Gasteiger partial charge in [-0.3, -0.25) is 9.89 Å². The zero-order chi connectivity index (χ0) is 21.3. The Balaban J connectivity index is 1.50. The number of rotatable bonds is 4. The van der Waals surface area contributed by atoms with Crippen LogP contribution in [0.4, 0.5) is 0 Å².